The van der Waals surface area contributed by atoms with Gasteiger partial charge >= 0.3 is 5.97 Å². The molecule has 0 saturated heterocycles. The Kier molecular flexibility index (Phi) is 5.05. The number of pyridine rings is 1. The summed E-state index contributed by atoms with van der Waals surface area (Å²) in [6.45, 7) is 2.00. The van der Waals surface area contributed by atoms with Gasteiger partial charge in [0, 0.05) is 10.7 Å². The number of amides is 1. The number of carbonyl (C=O) groups excluding carboxylic acids is 2. The number of halogens is 1. The first-order chi connectivity index (χ1) is 10.1. The van der Waals surface area contributed by atoms with Crippen molar-refractivity contribution in [3.8, 4) is 0 Å². The van der Waals surface area contributed by atoms with Gasteiger partial charge in [-0.3, -0.25) is 4.79 Å². The molecule has 0 aliphatic rings. The van der Waals surface area contributed by atoms with Crippen LogP contribution in [0.1, 0.15) is 27.8 Å². The molecule has 1 amide bonds. The van der Waals surface area contributed by atoms with Gasteiger partial charge in [-0.25, -0.2) is 9.78 Å². The van der Waals surface area contributed by atoms with E-state index >= 15 is 0 Å². The Morgan fingerprint density at radius 3 is 2.71 bits per heavy atom. The fourth-order valence-electron chi connectivity index (χ4n) is 1.71. The Morgan fingerprint density at radius 2 is 2.00 bits per heavy atom. The standard InChI is InChI=1S/C15H13BrN2O3/c1-2-21-15(20)10-6-3-4-8-12(10)18-14(19)13-11(16)7-5-9-17-13/h3-9H,2H2,1H3,(H,18,19). The van der Waals surface area contributed by atoms with Crippen LogP contribution in [0, 0.1) is 0 Å². The molecule has 0 aliphatic carbocycles. The summed E-state index contributed by atoms with van der Waals surface area (Å²) < 4.78 is 5.54. The largest absolute Gasteiger partial charge is 0.462 e. The molecule has 0 spiro atoms. The third kappa shape index (κ3) is 3.66. The summed E-state index contributed by atoms with van der Waals surface area (Å²) in [5, 5.41) is 2.67. The van der Waals surface area contributed by atoms with Crippen LogP contribution in [0.25, 0.3) is 0 Å². The van der Waals surface area contributed by atoms with Crippen molar-refractivity contribution in [3.05, 3.63) is 58.3 Å². The number of nitrogens with one attached hydrogen (secondary N) is 1. The minimum absolute atomic E-state index is 0.246. The number of hydrogen-bond acceptors (Lipinski definition) is 4. The summed E-state index contributed by atoms with van der Waals surface area (Å²) in [6, 6.07) is 10.1. The second kappa shape index (κ2) is 6.99. The van der Waals surface area contributed by atoms with E-state index in [0.717, 1.165) is 0 Å². The highest BCUT2D eigenvalue weighted by Crippen LogP contribution is 2.19. The maximum Gasteiger partial charge on any atom is 0.340 e. The van der Waals surface area contributed by atoms with E-state index in [1.807, 2.05) is 0 Å². The summed E-state index contributed by atoms with van der Waals surface area (Å²) in [5.74, 6) is -0.882. The van der Waals surface area contributed by atoms with Gasteiger partial charge in [0.15, 0.2) is 0 Å². The first kappa shape index (κ1) is 15.2. The van der Waals surface area contributed by atoms with Crippen molar-refractivity contribution in [2.24, 2.45) is 0 Å². The summed E-state index contributed by atoms with van der Waals surface area (Å²) in [6.07, 6.45) is 1.52. The van der Waals surface area contributed by atoms with Crippen LogP contribution in [0.4, 0.5) is 5.69 Å². The molecular formula is C15H13BrN2O3. The molecule has 0 atom stereocenters. The van der Waals surface area contributed by atoms with Crippen molar-refractivity contribution in [1.82, 2.24) is 4.98 Å². The van der Waals surface area contributed by atoms with Crippen molar-refractivity contribution in [1.29, 1.82) is 0 Å². The minimum Gasteiger partial charge on any atom is -0.462 e. The summed E-state index contributed by atoms with van der Waals surface area (Å²) in [4.78, 5) is 28.1. The average molecular weight is 349 g/mol. The Labute approximate surface area is 130 Å². The Balaban J connectivity index is 2.26. The number of ether oxygens (including phenoxy) is 1. The molecule has 0 unspecified atom stereocenters. The van der Waals surface area contributed by atoms with E-state index in [2.05, 4.69) is 26.2 Å². The van der Waals surface area contributed by atoms with Gasteiger partial charge in [0.2, 0.25) is 0 Å². The minimum atomic E-state index is -0.478. The zero-order chi connectivity index (χ0) is 15.2. The van der Waals surface area contributed by atoms with E-state index in [4.69, 9.17) is 4.74 Å². The second-order valence-corrected chi connectivity index (χ2v) is 4.91. The van der Waals surface area contributed by atoms with Crippen LogP contribution in [-0.2, 0) is 4.74 Å². The summed E-state index contributed by atoms with van der Waals surface area (Å²) in [5.41, 5.74) is 0.939. The van der Waals surface area contributed by atoms with Gasteiger partial charge in [-0.2, -0.15) is 0 Å². The van der Waals surface area contributed by atoms with Gasteiger partial charge in [-0.1, -0.05) is 12.1 Å². The monoisotopic (exact) mass is 348 g/mol. The Bertz CT molecular complexity index is 673. The molecule has 2 aromatic rings. The number of benzene rings is 1. The number of nitrogens with zero attached hydrogens (tertiary/aromatic N) is 1. The lowest BCUT2D eigenvalue weighted by Crippen LogP contribution is -2.17. The molecule has 0 bridgehead atoms. The number of esters is 1. The topological polar surface area (TPSA) is 68.3 Å². The molecule has 1 N–H and O–H groups in total. The molecule has 0 aliphatic heterocycles. The van der Waals surface area contributed by atoms with Gasteiger partial charge in [0.1, 0.15) is 5.69 Å². The van der Waals surface area contributed by atoms with Gasteiger partial charge in [-0.05, 0) is 47.1 Å². The van der Waals surface area contributed by atoms with E-state index in [0.29, 0.717) is 15.7 Å². The molecule has 21 heavy (non-hydrogen) atoms. The van der Waals surface area contributed by atoms with Gasteiger partial charge in [-0.15, -0.1) is 0 Å². The molecule has 6 heteroatoms. The third-order valence-corrected chi connectivity index (χ3v) is 3.28. The Hall–Kier alpha value is -2.21. The van der Waals surface area contributed by atoms with Crippen LogP contribution >= 0.6 is 15.9 Å². The highest BCUT2D eigenvalue weighted by atomic mass is 79.9. The van der Waals surface area contributed by atoms with E-state index in [9.17, 15) is 9.59 Å². The molecule has 0 fully saturated rings. The van der Waals surface area contributed by atoms with Crippen molar-refractivity contribution in [2.45, 2.75) is 6.92 Å². The van der Waals surface area contributed by atoms with Gasteiger partial charge in [0.25, 0.3) is 5.91 Å². The van der Waals surface area contributed by atoms with Crippen molar-refractivity contribution >= 4 is 33.5 Å². The molecule has 2 rings (SSSR count). The quantitative estimate of drug-likeness (QED) is 0.861. The normalized spacial score (nSPS) is 10.0. The number of aromatic nitrogens is 1. The number of hydrogen-bond donors (Lipinski definition) is 1. The molecule has 108 valence electrons. The van der Waals surface area contributed by atoms with Crippen molar-refractivity contribution in [2.75, 3.05) is 11.9 Å². The summed E-state index contributed by atoms with van der Waals surface area (Å²) >= 11 is 3.27. The maximum atomic E-state index is 12.2. The first-order valence-corrected chi connectivity index (χ1v) is 7.10. The fraction of sp³-hybridized carbons (Fsp3) is 0.133. The zero-order valence-corrected chi connectivity index (χ0v) is 12.9. The van der Waals surface area contributed by atoms with Crippen LogP contribution in [0.5, 0.6) is 0 Å². The second-order valence-electron chi connectivity index (χ2n) is 4.05. The highest BCUT2D eigenvalue weighted by Gasteiger charge is 2.16. The Morgan fingerprint density at radius 1 is 1.24 bits per heavy atom. The number of para-hydroxylation sites is 1. The average Bonchev–Trinajstić information content (AvgIpc) is 2.48. The fourth-order valence-corrected chi connectivity index (χ4v) is 2.15. The predicted molar refractivity (Wildman–Crippen MR) is 82.3 cm³/mol. The van der Waals surface area contributed by atoms with Crippen LogP contribution < -0.4 is 5.32 Å². The maximum absolute atomic E-state index is 12.2. The summed E-state index contributed by atoms with van der Waals surface area (Å²) in [7, 11) is 0. The SMILES string of the molecule is CCOC(=O)c1ccccc1NC(=O)c1ncccc1Br. The molecule has 1 heterocycles. The first-order valence-electron chi connectivity index (χ1n) is 6.31. The third-order valence-electron chi connectivity index (χ3n) is 2.64. The highest BCUT2D eigenvalue weighted by molar-refractivity contribution is 9.10. The van der Waals surface area contributed by atoms with Gasteiger partial charge in [0.05, 0.1) is 17.9 Å². The predicted octanol–water partition coefficient (Wildman–Crippen LogP) is 3.27. The molecule has 1 aromatic carbocycles. The van der Waals surface area contributed by atoms with Gasteiger partial charge < -0.3 is 10.1 Å². The number of carbonyl (C=O) groups is 2. The molecular weight excluding hydrogens is 336 g/mol. The lowest BCUT2D eigenvalue weighted by Gasteiger charge is -2.10. The smallest absolute Gasteiger partial charge is 0.340 e. The van der Waals surface area contributed by atoms with Crippen LogP contribution in [0.2, 0.25) is 0 Å². The van der Waals surface area contributed by atoms with Crippen LogP contribution in [0.3, 0.4) is 0 Å². The van der Waals surface area contributed by atoms with Crippen LogP contribution in [0.15, 0.2) is 47.1 Å². The van der Waals surface area contributed by atoms with E-state index in [1.165, 1.54) is 6.20 Å². The zero-order valence-electron chi connectivity index (χ0n) is 11.3. The number of anilines is 1. The van der Waals surface area contributed by atoms with E-state index in [-0.39, 0.29) is 12.3 Å². The molecule has 0 saturated carbocycles. The van der Waals surface area contributed by atoms with Crippen LogP contribution in [-0.4, -0.2) is 23.5 Å². The lowest BCUT2D eigenvalue weighted by atomic mass is 10.1. The molecule has 0 radical (unpaired) electrons. The van der Waals surface area contributed by atoms with Crippen molar-refractivity contribution < 1.29 is 14.3 Å². The molecule has 5 nitrogen and oxygen atoms in total. The lowest BCUT2D eigenvalue weighted by molar-refractivity contribution is 0.0527. The molecule has 1 aromatic heterocycles. The van der Waals surface area contributed by atoms with E-state index < -0.39 is 11.9 Å². The van der Waals surface area contributed by atoms with Crippen molar-refractivity contribution in [3.63, 3.8) is 0 Å². The van der Waals surface area contributed by atoms with E-state index in [1.54, 1.807) is 43.3 Å². The number of rotatable bonds is 4.